The topological polar surface area (TPSA) is 0 Å². The molecule has 0 atom stereocenters. The molecule has 0 unspecified atom stereocenters. The first-order chi connectivity index (χ1) is 13.0. The normalized spacial score (nSPS) is 19.6. The van der Waals surface area contributed by atoms with Crippen LogP contribution < -0.4 is 0 Å². The van der Waals surface area contributed by atoms with E-state index in [1.54, 1.807) is 28.7 Å². The van der Waals surface area contributed by atoms with Crippen LogP contribution in [0.1, 0.15) is 0 Å². The third-order valence-corrected chi connectivity index (χ3v) is 9.65. The first-order valence-electron chi connectivity index (χ1n) is 8.93. The Morgan fingerprint density at radius 1 is 0.556 bits per heavy atom. The molecule has 142 valence electrons. The fourth-order valence-corrected chi connectivity index (χ4v) is 8.05. The minimum absolute atomic E-state index is 0.715. The van der Waals surface area contributed by atoms with Crippen molar-refractivity contribution < 1.29 is 0 Å². The smallest absolute Gasteiger partial charge is 0.0670 e. The standard InChI is InChI=1S/C12H16S2Si.C10H10S2/c1-13-9-5-8-6-11(14-2)12(15(3)4)10(8)7-9;1-11-9-3-7-5-10(12-2)6-8(7)4-9/h5-7,15H,1-4H3;3-6H,1-2H3. The largest absolute Gasteiger partial charge is 0.130 e. The van der Waals surface area contributed by atoms with E-state index in [2.05, 4.69) is 80.6 Å². The van der Waals surface area contributed by atoms with Crippen molar-refractivity contribution in [3.05, 3.63) is 89.6 Å². The number of rotatable bonds is 5. The average molecular weight is 447 g/mol. The molecule has 0 aromatic rings. The van der Waals surface area contributed by atoms with E-state index in [0.717, 1.165) is 0 Å². The fourth-order valence-electron chi connectivity index (χ4n) is 3.43. The Morgan fingerprint density at radius 3 is 1.48 bits per heavy atom. The molecule has 0 N–H and O–H groups in total. The molecule has 4 rings (SSSR count). The van der Waals surface area contributed by atoms with Gasteiger partial charge in [0.15, 0.2) is 0 Å². The van der Waals surface area contributed by atoms with E-state index in [0.29, 0.717) is 0 Å². The molecule has 0 aromatic carbocycles. The van der Waals surface area contributed by atoms with Crippen LogP contribution in [0.5, 0.6) is 0 Å². The first-order valence-corrected chi connectivity index (χ1v) is 16.7. The second-order valence-corrected chi connectivity index (χ2v) is 13.1. The van der Waals surface area contributed by atoms with Gasteiger partial charge >= 0.3 is 0 Å². The molecule has 0 aromatic heterocycles. The minimum atomic E-state index is -0.715. The summed E-state index contributed by atoms with van der Waals surface area (Å²) in [5.74, 6) is 0. The van der Waals surface area contributed by atoms with E-state index < -0.39 is 8.80 Å². The summed E-state index contributed by atoms with van der Waals surface area (Å²) < 4.78 is 0. The predicted molar refractivity (Wildman–Crippen MR) is 137 cm³/mol. The van der Waals surface area contributed by atoms with Crippen molar-refractivity contribution in [1.29, 1.82) is 0 Å². The third kappa shape index (κ3) is 4.59. The molecule has 0 aliphatic heterocycles. The first kappa shape index (κ1) is 21.3. The molecule has 4 aliphatic carbocycles. The van der Waals surface area contributed by atoms with E-state index in [1.165, 1.54) is 41.9 Å². The number of hydrogen-bond acceptors (Lipinski definition) is 4. The Bertz CT molecular complexity index is 855. The van der Waals surface area contributed by atoms with Crippen molar-refractivity contribution in [3.8, 4) is 0 Å². The van der Waals surface area contributed by atoms with Crippen LogP contribution in [-0.2, 0) is 0 Å². The van der Waals surface area contributed by atoms with Crippen LogP contribution in [0.4, 0.5) is 0 Å². The van der Waals surface area contributed by atoms with Crippen molar-refractivity contribution >= 4 is 55.8 Å². The molecule has 0 saturated heterocycles. The minimum Gasteiger partial charge on any atom is -0.130 e. The van der Waals surface area contributed by atoms with Crippen LogP contribution in [0.15, 0.2) is 89.6 Å². The molecule has 27 heavy (non-hydrogen) atoms. The van der Waals surface area contributed by atoms with Gasteiger partial charge in [0.1, 0.15) is 0 Å². The van der Waals surface area contributed by atoms with Crippen LogP contribution in [-0.4, -0.2) is 33.8 Å². The second kappa shape index (κ2) is 9.36. The average Bonchev–Trinajstić information content (AvgIpc) is 3.38. The lowest BCUT2D eigenvalue weighted by Crippen LogP contribution is -2.06. The van der Waals surface area contributed by atoms with Crippen molar-refractivity contribution in [2.24, 2.45) is 0 Å². The van der Waals surface area contributed by atoms with Gasteiger partial charge in [0.05, 0.1) is 8.80 Å². The summed E-state index contributed by atoms with van der Waals surface area (Å²) in [6.45, 7) is 4.83. The molecule has 0 saturated carbocycles. The van der Waals surface area contributed by atoms with Gasteiger partial charge in [-0.2, -0.15) is 0 Å². The van der Waals surface area contributed by atoms with Gasteiger partial charge in [0.25, 0.3) is 0 Å². The van der Waals surface area contributed by atoms with Crippen molar-refractivity contribution in [2.75, 3.05) is 25.0 Å². The SMILES string of the molecule is CSC1=CC2=C([SiH](C)C)C(SC)=CC2=C1.CSC1=CC2=CC(SC)=CC2=C1. The Kier molecular flexibility index (Phi) is 7.36. The molecule has 0 amide bonds. The summed E-state index contributed by atoms with van der Waals surface area (Å²) in [7, 11) is -0.715. The summed E-state index contributed by atoms with van der Waals surface area (Å²) >= 11 is 7.35. The van der Waals surface area contributed by atoms with Gasteiger partial charge in [-0.15, -0.1) is 47.0 Å². The maximum Gasteiger partial charge on any atom is 0.0670 e. The van der Waals surface area contributed by atoms with Gasteiger partial charge in [-0.05, 0) is 95.0 Å². The molecule has 4 aliphatic rings. The molecule has 0 fully saturated rings. The Hall–Kier alpha value is -0.463. The highest BCUT2D eigenvalue weighted by Crippen LogP contribution is 2.43. The van der Waals surface area contributed by atoms with Gasteiger partial charge in [0, 0.05) is 19.6 Å². The van der Waals surface area contributed by atoms with E-state index in [9.17, 15) is 0 Å². The van der Waals surface area contributed by atoms with Crippen molar-refractivity contribution in [3.63, 3.8) is 0 Å². The summed E-state index contributed by atoms with van der Waals surface area (Å²) in [5.41, 5.74) is 5.72. The molecule has 0 spiro atoms. The summed E-state index contributed by atoms with van der Waals surface area (Å²) in [6, 6.07) is 0. The van der Waals surface area contributed by atoms with Crippen LogP contribution in [0, 0.1) is 0 Å². The monoisotopic (exact) mass is 446 g/mol. The summed E-state index contributed by atoms with van der Waals surface area (Å²) in [6.07, 6.45) is 24.6. The Balaban J connectivity index is 0.000000159. The highest BCUT2D eigenvalue weighted by Gasteiger charge is 2.25. The molecule has 5 heteroatoms. The molecular formula is C22H26S4Si. The molecular weight excluding hydrogens is 421 g/mol. The van der Waals surface area contributed by atoms with E-state index in [-0.39, 0.29) is 0 Å². The van der Waals surface area contributed by atoms with E-state index in [1.807, 2.05) is 23.5 Å². The molecule has 0 bridgehead atoms. The lowest BCUT2D eigenvalue weighted by atomic mass is 10.2. The summed E-state index contributed by atoms with van der Waals surface area (Å²) in [4.78, 5) is 5.65. The second-order valence-electron chi connectivity index (χ2n) is 6.75. The highest BCUT2D eigenvalue weighted by molar-refractivity contribution is 8.03. The lowest BCUT2D eigenvalue weighted by Gasteiger charge is -2.10. The Labute approximate surface area is 182 Å². The van der Waals surface area contributed by atoms with Gasteiger partial charge in [0.2, 0.25) is 0 Å². The maximum atomic E-state index is 2.42. The van der Waals surface area contributed by atoms with E-state index >= 15 is 0 Å². The number of hydrogen-bond donors (Lipinski definition) is 0. The number of thioether (sulfide) groups is 4. The van der Waals surface area contributed by atoms with Gasteiger partial charge < -0.3 is 0 Å². The fraction of sp³-hybridized carbons (Fsp3) is 0.273. The van der Waals surface area contributed by atoms with Crippen molar-refractivity contribution in [1.82, 2.24) is 0 Å². The summed E-state index contributed by atoms with van der Waals surface area (Å²) in [5, 5.41) is 1.66. The molecule has 0 nitrogen and oxygen atoms in total. The lowest BCUT2D eigenvalue weighted by molar-refractivity contribution is 1.65. The predicted octanol–water partition coefficient (Wildman–Crippen LogP) is 7.12. The van der Waals surface area contributed by atoms with Crippen LogP contribution >= 0.6 is 47.0 Å². The zero-order valence-corrected chi connectivity index (χ0v) is 21.2. The van der Waals surface area contributed by atoms with Crippen LogP contribution in [0.25, 0.3) is 0 Å². The highest BCUT2D eigenvalue weighted by atomic mass is 32.2. The van der Waals surface area contributed by atoms with Crippen LogP contribution in [0.2, 0.25) is 13.1 Å². The zero-order valence-electron chi connectivity index (χ0n) is 16.8. The molecule has 0 radical (unpaired) electrons. The van der Waals surface area contributed by atoms with Gasteiger partial charge in [-0.1, -0.05) is 13.1 Å². The maximum absolute atomic E-state index is 2.42. The quantitative estimate of drug-likeness (QED) is 0.412. The van der Waals surface area contributed by atoms with Crippen molar-refractivity contribution in [2.45, 2.75) is 13.1 Å². The zero-order chi connectivity index (χ0) is 19.6. The number of fused-ring (bicyclic) bond motifs is 2. The number of allylic oxidation sites excluding steroid dienone is 12. The van der Waals surface area contributed by atoms with E-state index in [4.69, 9.17) is 0 Å². The Morgan fingerprint density at radius 2 is 1.04 bits per heavy atom. The van der Waals surface area contributed by atoms with Gasteiger partial charge in [-0.3, -0.25) is 0 Å². The van der Waals surface area contributed by atoms with Gasteiger partial charge in [-0.25, -0.2) is 0 Å². The third-order valence-electron chi connectivity index (χ3n) is 4.77. The van der Waals surface area contributed by atoms with Crippen LogP contribution in [0.3, 0.4) is 0 Å². The molecule has 0 heterocycles.